The summed E-state index contributed by atoms with van der Waals surface area (Å²) in [5.74, 6) is -1.48. The van der Waals surface area contributed by atoms with Gasteiger partial charge >= 0.3 is 0 Å². The third-order valence-corrected chi connectivity index (χ3v) is 5.88. The Morgan fingerprint density at radius 2 is 1.83 bits per heavy atom. The SMILES string of the molecule is CCCNC(=O)[C@@H](CC(=O)[C@H](OC)[C@H](O)[C@@H](O)[C@H](O)/C=C/C(C)(C)C)Cc1c[nH]c2ccccc12. The van der Waals surface area contributed by atoms with Crippen LogP contribution >= 0.6 is 0 Å². The summed E-state index contributed by atoms with van der Waals surface area (Å²) in [7, 11) is 1.25. The maximum Gasteiger partial charge on any atom is 0.223 e. The van der Waals surface area contributed by atoms with E-state index in [1.54, 1.807) is 6.08 Å². The van der Waals surface area contributed by atoms with E-state index in [1.165, 1.54) is 13.2 Å². The van der Waals surface area contributed by atoms with Crippen molar-refractivity contribution in [3.05, 3.63) is 48.2 Å². The van der Waals surface area contributed by atoms with Crippen molar-refractivity contribution in [3.8, 4) is 0 Å². The van der Waals surface area contributed by atoms with E-state index in [2.05, 4.69) is 10.3 Å². The van der Waals surface area contributed by atoms with Crippen LogP contribution < -0.4 is 5.32 Å². The summed E-state index contributed by atoms with van der Waals surface area (Å²) >= 11 is 0. The molecule has 0 saturated heterocycles. The molecule has 5 atom stereocenters. The molecular formula is C27H40N2O6. The number of hydrogen-bond acceptors (Lipinski definition) is 6. The number of aromatic nitrogens is 1. The number of aromatic amines is 1. The van der Waals surface area contributed by atoms with Crippen LogP contribution in [-0.2, 0) is 20.7 Å². The van der Waals surface area contributed by atoms with Gasteiger partial charge in [-0.1, -0.05) is 58.0 Å². The molecule has 8 heteroatoms. The molecule has 0 bridgehead atoms. The number of rotatable bonds is 13. The Bertz CT molecular complexity index is 993. The van der Waals surface area contributed by atoms with Gasteiger partial charge in [-0.3, -0.25) is 9.59 Å². The second kappa shape index (κ2) is 13.0. The van der Waals surface area contributed by atoms with Crippen molar-refractivity contribution in [2.45, 2.75) is 71.4 Å². The lowest BCUT2D eigenvalue weighted by Crippen LogP contribution is -2.49. The number of carbonyl (C=O) groups excluding carboxylic acids is 2. The van der Waals surface area contributed by atoms with E-state index in [0.29, 0.717) is 13.0 Å². The number of methoxy groups -OCH3 is 1. The molecule has 8 nitrogen and oxygen atoms in total. The van der Waals surface area contributed by atoms with Gasteiger partial charge in [0.1, 0.15) is 24.4 Å². The quantitative estimate of drug-likeness (QED) is 0.275. The van der Waals surface area contributed by atoms with Gasteiger partial charge in [-0.05, 0) is 29.9 Å². The summed E-state index contributed by atoms with van der Waals surface area (Å²) in [6, 6.07) is 7.72. The number of H-pyrrole nitrogens is 1. The van der Waals surface area contributed by atoms with Crippen molar-refractivity contribution < 1.29 is 29.6 Å². The highest BCUT2D eigenvalue weighted by Gasteiger charge is 2.37. The fourth-order valence-corrected chi connectivity index (χ4v) is 3.92. The van der Waals surface area contributed by atoms with E-state index in [4.69, 9.17) is 4.74 Å². The third kappa shape index (κ3) is 8.28. The third-order valence-electron chi connectivity index (χ3n) is 5.88. The highest BCUT2D eigenvalue weighted by atomic mass is 16.5. The van der Waals surface area contributed by atoms with Crippen molar-refractivity contribution in [1.29, 1.82) is 0 Å². The number of aliphatic hydroxyl groups is 3. The maximum atomic E-state index is 13.2. The molecule has 1 aromatic heterocycles. The minimum atomic E-state index is -1.67. The van der Waals surface area contributed by atoms with Crippen LogP contribution in [0.5, 0.6) is 0 Å². The predicted octanol–water partition coefficient (Wildman–Crippen LogP) is 2.51. The normalized spacial score (nSPS) is 16.7. The summed E-state index contributed by atoms with van der Waals surface area (Å²) < 4.78 is 5.23. The zero-order chi connectivity index (χ0) is 26.2. The van der Waals surface area contributed by atoms with Crippen LogP contribution in [-0.4, -0.2) is 70.1 Å². The van der Waals surface area contributed by atoms with Gasteiger partial charge in [-0.15, -0.1) is 0 Å². The molecule has 194 valence electrons. The van der Waals surface area contributed by atoms with Crippen LogP contribution in [0.25, 0.3) is 10.9 Å². The number of para-hydroxylation sites is 1. The molecule has 0 radical (unpaired) electrons. The molecule has 0 unspecified atom stereocenters. The molecule has 0 aliphatic carbocycles. The Morgan fingerprint density at radius 1 is 1.14 bits per heavy atom. The summed E-state index contributed by atoms with van der Waals surface area (Å²) in [6.07, 6.45) is -0.261. The fourth-order valence-electron chi connectivity index (χ4n) is 3.92. The van der Waals surface area contributed by atoms with Crippen molar-refractivity contribution in [2.75, 3.05) is 13.7 Å². The van der Waals surface area contributed by atoms with Gasteiger partial charge < -0.3 is 30.4 Å². The lowest BCUT2D eigenvalue weighted by molar-refractivity contribution is -0.149. The van der Waals surface area contributed by atoms with E-state index in [0.717, 1.165) is 22.9 Å². The monoisotopic (exact) mass is 488 g/mol. The van der Waals surface area contributed by atoms with E-state index < -0.39 is 36.1 Å². The number of fused-ring (bicyclic) bond motifs is 1. The minimum Gasteiger partial charge on any atom is -0.387 e. The smallest absolute Gasteiger partial charge is 0.223 e. The number of amides is 1. The lowest BCUT2D eigenvalue weighted by Gasteiger charge is -2.28. The number of allylic oxidation sites excluding steroid dienone is 1. The topological polar surface area (TPSA) is 132 Å². The molecule has 0 spiro atoms. The molecule has 0 aliphatic rings. The Kier molecular flexibility index (Phi) is 10.6. The molecule has 0 saturated carbocycles. The van der Waals surface area contributed by atoms with Gasteiger partial charge in [0.15, 0.2) is 5.78 Å². The first-order valence-electron chi connectivity index (χ1n) is 12.1. The van der Waals surface area contributed by atoms with Crippen LogP contribution in [0.2, 0.25) is 0 Å². The number of aliphatic hydroxyl groups excluding tert-OH is 3. The number of benzene rings is 1. The molecule has 2 aromatic rings. The predicted molar refractivity (Wildman–Crippen MR) is 136 cm³/mol. The Balaban J connectivity index is 2.19. The number of Topliss-reactive ketones (excluding diaryl/α,β-unsaturated/α-hetero) is 1. The van der Waals surface area contributed by atoms with Gasteiger partial charge in [-0.2, -0.15) is 0 Å². The summed E-state index contributed by atoms with van der Waals surface area (Å²) in [5.41, 5.74) is 1.61. The lowest BCUT2D eigenvalue weighted by atomic mass is 9.89. The second-order valence-electron chi connectivity index (χ2n) is 10.1. The second-order valence-corrected chi connectivity index (χ2v) is 10.1. The summed E-state index contributed by atoms with van der Waals surface area (Å²) in [4.78, 5) is 29.3. The van der Waals surface area contributed by atoms with Crippen LogP contribution in [0, 0.1) is 11.3 Å². The van der Waals surface area contributed by atoms with Crippen LogP contribution in [0.1, 0.15) is 46.1 Å². The summed E-state index contributed by atoms with van der Waals surface area (Å²) in [6.45, 7) is 8.21. The molecule has 1 heterocycles. The van der Waals surface area contributed by atoms with E-state index in [9.17, 15) is 24.9 Å². The largest absolute Gasteiger partial charge is 0.387 e. The van der Waals surface area contributed by atoms with Gasteiger partial charge in [0.25, 0.3) is 0 Å². The van der Waals surface area contributed by atoms with Gasteiger partial charge in [0, 0.05) is 43.1 Å². The van der Waals surface area contributed by atoms with Gasteiger partial charge in [0.2, 0.25) is 5.91 Å². The van der Waals surface area contributed by atoms with Crippen molar-refractivity contribution >= 4 is 22.6 Å². The fraction of sp³-hybridized carbons (Fsp3) is 0.556. The van der Waals surface area contributed by atoms with Crippen LogP contribution in [0.3, 0.4) is 0 Å². The molecule has 35 heavy (non-hydrogen) atoms. The number of hydrogen-bond donors (Lipinski definition) is 5. The van der Waals surface area contributed by atoms with Crippen molar-refractivity contribution in [2.24, 2.45) is 11.3 Å². The molecule has 1 amide bonds. The van der Waals surface area contributed by atoms with Crippen LogP contribution in [0.15, 0.2) is 42.6 Å². The standard InChI is InChI=1S/C27H40N2O6/c1-6-13-28-26(34)17(14-18-16-29-20-10-8-7-9-19(18)20)15-22(31)25(35-5)24(33)23(32)21(30)11-12-27(2,3)4/h7-12,16-17,21,23-25,29-30,32-33H,6,13-15H2,1-5H3,(H,28,34)/b12-11+/t17-,21-,23+,24-,25+/m1/s1. The highest BCUT2D eigenvalue weighted by molar-refractivity contribution is 5.90. The zero-order valence-electron chi connectivity index (χ0n) is 21.3. The molecular weight excluding hydrogens is 448 g/mol. The molecule has 0 aliphatic heterocycles. The first-order chi connectivity index (χ1) is 16.5. The molecule has 2 rings (SSSR count). The highest BCUT2D eigenvalue weighted by Crippen LogP contribution is 2.24. The van der Waals surface area contributed by atoms with E-state index >= 15 is 0 Å². The van der Waals surface area contributed by atoms with E-state index in [-0.39, 0.29) is 17.7 Å². The Labute approximate surface area is 207 Å². The van der Waals surface area contributed by atoms with Crippen LogP contribution in [0.4, 0.5) is 0 Å². The van der Waals surface area contributed by atoms with Gasteiger partial charge in [-0.25, -0.2) is 0 Å². The first-order valence-corrected chi connectivity index (χ1v) is 12.1. The number of ether oxygens (including phenoxy) is 1. The Hall–Kier alpha value is -2.52. The number of ketones is 1. The Morgan fingerprint density at radius 3 is 2.46 bits per heavy atom. The molecule has 0 fully saturated rings. The zero-order valence-corrected chi connectivity index (χ0v) is 21.3. The number of carbonyl (C=O) groups is 2. The first kappa shape index (κ1) is 28.7. The maximum absolute atomic E-state index is 13.2. The average molecular weight is 489 g/mol. The molecule has 1 aromatic carbocycles. The van der Waals surface area contributed by atoms with E-state index in [1.807, 2.05) is 58.2 Å². The minimum absolute atomic E-state index is 0.189. The summed E-state index contributed by atoms with van der Waals surface area (Å²) in [5, 5.41) is 35.2. The molecule has 5 N–H and O–H groups in total. The van der Waals surface area contributed by atoms with Crippen molar-refractivity contribution in [1.82, 2.24) is 10.3 Å². The average Bonchev–Trinajstić information content (AvgIpc) is 3.22. The van der Waals surface area contributed by atoms with Gasteiger partial charge in [0.05, 0.1) is 0 Å². The number of nitrogens with one attached hydrogen (secondary N) is 2. The van der Waals surface area contributed by atoms with Crippen molar-refractivity contribution in [3.63, 3.8) is 0 Å².